The van der Waals surface area contributed by atoms with Gasteiger partial charge in [-0.15, -0.1) is 11.8 Å². The SMILES string of the molecule is Cc1ccc(CC(=O)N2CCN(C(=O)C3CSCN3)CC2)c(C)c1. The summed E-state index contributed by atoms with van der Waals surface area (Å²) in [5.74, 6) is 2.04. The average Bonchev–Trinajstić information content (AvgIpc) is 3.11. The molecule has 1 N–H and O–H groups in total. The van der Waals surface area contributed by atoms with Gasteiger partial charge in [0.15, 0.2) is 0 Å². The lowest BCUT2D eigenvalue weighted by Crippen LogP contribution is -2.54. The van der Waals surface area contributed by atoms with E-state index in [4.69, 9.17) is 0 Å². The van der Waals surface area contributed by atoms with Crippen LogP contribution in [0.2, 0.25) is 0 Å². The molecule has 0 bridgehead atoms. The van der Waals surface area contributed by atoms with Gasteiger partial charge in [-0.05, 0) is 25.0 Å². The maximum atomic E-state index is 12.5. The molecule has 0 aromatic heterocycles. The Kier molecular flexibility index (Phi) is 5.46. The van der Waals surface area contributed by atoms with Gasteiger partial charge < -0.3 is 9.80 Å². The first kappa shape index (κ1) is 17.3. The topological polar surface area (TPSA) is 52.7 Å². The van der Waals surface area contributed by atoms with Crippen molar-refractivity contribution in [3.63, 3.8) is 0 Å². The summed E-state index contributed by atoms with van der Waals surface area (Å²) in [5.41, 5.74) is 3.48. The van der Waals surface area contributed by atoms with Gasteiger partial charge in [-0.25, -0.2) is 0 Å². The smallest absolute Gasteiger partial charge is 0.240 e. The number of carbonyl (C=O) groups excluding carboxylic acids is 2. The van der Waals surface area contributed by atoms with Gasteiger partial charge in [0.1, 0.15) is 0 Å². The lowest BCUT2D eigenvalue weighted by molar-refractivity contribution is -0.140. The third kappa shape index (κ3) is 3.92. The van der Waals surface area contributed by atoms with E-state index in [9.17, 15) is 9.59 Å². The number of nitrogens with one attached hydrogen (secondary N) is 1. The van der Waals surface area contributed by atoms with Gasteiger partial charge in [0.2, 0.25) is 11.8 Å². The molecule has 2 heterocycles. The number of benzene rings is 1. The Morgan fingerprint density at radius 3 is 2.50 bits per heavy atom. The number of rotatable bonds is 3. The zero-order chi connectivity index (χ0) is 17.1. The molecule has 2 saturated heterocycles. The quantitative estimate of drug-likeness (QED) is 0.892. The van der Waals surface area contributed by atoms with Crippen molar-refractivity contribution in [2.45, 2.75) is 26.3 Å². The van der Waals surface area contributed by atoms with E-state index in [1.807, 2.05) is 15.9 Å². The summed E-state index contributed by atoms with van der Waals surface area (Å²) < 4.78 is 0. The second-order valence-electron chi connectivity index (χ2n) is 6.58. The number of carbonyl (C=O) groups is 2. The molecule has 130 valence electrons. The molecular weight excluding hydrogens is 322 g/mol. The summed E-state index contributed by atoms with van der Waals surface area (Å²) in [6, 6.07) is 6.17. The van der Waals surface area contributed by atoms with Crippen LogP contribution in [0, 0.1) is 13.8 Å². The third-order valence-corrected chi connectivity index (χ3v) is 5.74. The van der Waals surface area contributed by atoms with Crippen molar-refractivity contribution in [3.05, 3.63) is 34.9 Å². The first-order chi connectivity index (χ1) is 11.5. The minimum atomic E-state index is -0.0486. The lowest BCUT2D eigenvalue weighted by Gasteiger charge is -2.36. The maximum absolute atomic E-state index is 12.5. The van der Waals surface area contributed by atoms with Gasteiger partial charge in [-0.1, -0.05) is 23.8 Å². The highest BCUT2D eigenvalue weighted by atomic mass is 32.2. The Labute approximate surface area is 147 Å². The van der Waals surface area contributed by atoms with Crippen molar-refractivity contribution in [1.29, 1.82) is 0 Å². The number of thioether (sulfide) groups is 1. The molecule has 0 saturated carbocycles. The molecule has 5 nitrogen and oxygen atoms in total. The van der Waals surface area contributed by atoms with Crippen molar-refractivity contribution >= 4 is 23.6 Å². The monoisotopic (exact) mass is 347 g/mol. The van der Waals surface area contributed by atoms with Crippen molar-refractivity contribution in [2.24, 2.45) is 0 Å². The Bertz CT molecular complexity index is 621. The summed E-state index contributed by atoms with van der Waals surface area (Å²) >= 11 is 1.76. The van der Waals surface area contributed by atoms with Crippen molar-refractivity contribution in [2.75, 3.05) is 37.8 Å². The Hall–Kier alpha value is -1.53. The number of hydrogen-bond acceptors (Lipinski definition) is 4. The standard InChI is InChI=1S/C18H25N3O2S/c1-13-3-4-15(14(2)9-13)10-17(22)20-5-7-21(8-6-20)18(23)16-11-24-12-19-16/h3-4,9,16,19H,5-8,10-12H2,1-2H3. The second-order valence-corrected chi connectivity index (χ2v) is 7.61. The van der Waals surface area contributed by atoms with Crippen molar-refractivity contribution in [3.8, 4) is 0 Å². The lowest BCUT2D eigenvalue weighted by atomic mass is 10.0. The molecule has 3 rings (SSSR count). The molecule has 1 aromatic carbocycles. The van der Waals surface area contributed by atoms with Gasteiger partial charge in [0, 0.05) is 37.8 Å². The van der Waals surface area contributed by atoms with Crippen LogP contribution in [0.25, 0.3) is 0 Å². The number of hydrogen-bond donors (Lipinski definition) is 1. The van der Waals surface area contributed by atoms with Gasteiger partial charge in [0.05, 0.1) is 12.5 Å². The van der Waals surface area contributed by atoms with E-state index in [-0.39, 0.29) is 17.9 Å². The van der Waals surface area contributed by atoms with Gasteiger partial charge in [-0.2, -0.15) is 0 Å². The van der Waals surface area contributed by atoms with Gasteiger partial charge in [-0.3, -0.25) is 14.9 Å². The molecule has 6 heteroatoms. The minimum absolute atomic E-state index is 0.0486. The molecule has 1 unspecified atom stereocenters. The first-order valence-electron chi connectivity index (χ1n) is 8.48. The van der Waals surface area contributed by atoms with E-state index in [2.05, 4.69) is 31.3 Å². The fraction of sp³-hybridized carbons (Fsp3) is 0.556. The minimum Gasteiger partial charge on any atom is -0.339 e. The summed E-state index contributed by atoms with van der Waals surface area (Å²) in [4.78, 5) is 28.7. The second kappa shape index (κ2) is 7.57. The molecule has 0 spiro atoms. The molecule has 1 atom stereocenters. The Morgan fingerprint density at radius 1 is 1.17 bits per heavy atom. The highest BCUT2D eigenvalue weighted by molar-refractivity contribution is 7.99. The number of aryl methyl sites for hydroxylation is 2. The third-order valence-electron chi connectivity index (χ3n) is 4.80. The fourth-order valence-electron chi connectivity index (χ4n) is 3.27. The van der Waals surface area contributed by atoms with E-state index >= 15 is 0 Å². The molecule has 2 aliphatic rings. The van der Waals surface area contributed by atoms with Crippen LogP contribution in [0.5, 0.6) is 0 Å². The van der Waals surface area contributed by atoms with Crippen LogP contribution < -0.4 is 5.32 Å². The van der Waals surface area contributed by atoms with Crippen LogP contribution in [0.4, 0.5) is 0 Å². The summed E-state index contributed by atoms with van der Waals surface area (Å²) in [5, 5.41) is 3.22. The van der Waals surface area contributed by atoms with E-state index < -0.39 is 0 Å². The Balaban J connectivity index is 1.52. The van der Waals surface area contributed by atoms with Crippen LogP contribution in [-0.2, 0) is 16.0 Å². The number of piperazine rings is 1. The fourth-order valence-corrected chi connectivity index (χ4v) is 4.20. The first-order valence-corrected chi connectivity index (χ1v) is 9.64. The van der Waals surface area contributed by atoms with Gasteiger partial charge >= 0.3 is 0 Å². The van der Waals surface area contributed by atoms with Crippen molar-refractivity contribution < 1.29 is 9.59 Å². The highest BCUT2D eigenvalue weighted by Gasteiger charge is 2.30. The largest absolute Gasteiger partial charge is 0.339 e. The Morgan fingerprint density at radius 2 is 1.88 bits per heavy atom. The van der Waals surface area contributed by atoms with E-state index in [0.29, 0.717) is 32.6 Å². The summed E-state index contributed by atoms with van der Waals surface area (Å²) in [7, 11) is 0. The number of amides is 2. The molecule has 2 fully saturated rings. The average molecular weight is 347 g/mol. The molecule has 0 aliphatic carbocycles. The van der Waals surface area contributed by atoms with Crippen LogP contribution in [0.3, 0.4) is 0 Å². The van der Waals surface area contributed by atoms with Crippen LogP contribution in [-0.4, -0.2) is 65.5 Å². The van der Waals surface area contributed by atoms with Gasteiger partial charge in [0.25, 0.3) is 0 Å². The van der Waals surface area contributed by atoms with E-state index in [1.165, 1.54) is 11.1 Å². The van der Waals surface area contributed by atoms with Crippen molar-refractivity contribution in [1.82, 2.24) is 15.1 Å². The normalized spacial score (nSPS) is 21.2. The van der Waals surface area contributed by atoms with Crippen LogP contribution >= 0.6 is 11.8 Å². The zero-order valence-electron chi connectivity index (χ0n) is 14.4. The maximum Gasteiger partial charge on any atom is 0.240 e. The van der Waals surface area contributed by atoms with E-state index in [0.717, 1.165) is 17.2 Å². The summed E-state index contributed by atoms with van der Waals surface area (Å²) in [6.45, 7) is 6.66. The van der Waals surface area contributed by atoms with Crippen LogP contribution in [0.1, 0.15) is 16.7 Å². The zero-order valence-corrected chi connectivity index (χ0v) is 15.2. The van der Waals surface area contributed by atoms with Crippen LogP contribution in [0.15, 0.2) is 18.2 Å². The predicted molar refractivity (Wildman–Crippen MR) is 97.0 cm³/mol. The molecule has 0 radical (unpaired) electrons. The molecule has 1 aromatic rings. The molecular formula is C18H25N3O2S. The summed E-state index contributed by atoms with van der Waals surface area (Å²) in [6.07, 6.45) is 0.445. The molecule has 24 heavy (non-hydrogen) atoms. The molecule has 2 aliphatic heterocycles. The highest BCUT2D eigenvalue weighted by Crippen LogP contribution is 2.15. The predicted octanol–water partition coefficient (Wildman–Crippen LogP) is 1.18. The number of nitrogens with zero attached hydrogens (tertiary/aromatic N) is 2. The van der Waals surface area contributed by atoms with E-state index in [1.54, 1.807) is 11.8 Å². The molecule has 2 amide bonds.